The summed E-state index contributed by atoms with van der Waals surface area (Å²) in [5.41, 5.74) is 4.87. The van der Waals surface area contributed by atoms with E-state index in [-0.39, 0.29) is 11.0 Å². The summed E-state index contributed by atoms with van der Waals surface area (Å²) in [6.07, 6.45) is -0.395. The lowest BCUT2D eigenvalue weighted by molar-refractivity contribution is -0.143. The molecule has 6 nitrogen and oxygen atoms in total. The Balaban J connectivity index is 4.13. The van der Waals surface area contributed by atoms with Gasteiger partial charge in [0, 0.05) is 0 Å². The first kappa shape index (κ1) is 14.8. The standard InChI is InChI=1S/C9H16N2O4S/c1-5(2)16-4-8(13)11-6(9(14)15)3-7(10)12/h5-6H,3-4H2,1-2H3,(H2,10,12)(H,11,13)(H,14,15)/t6-/m1/s1. The summed E-state index contributed by atoms with van der Waals surface area (Å²) < 4.78 is 0. The third kappa shape index (κ3) is 7.10. The van der Waals surface area contributed by atoms with Gasteiger partial charge >= 0.3 is 5.97 Å². The van der Waals surface area contributed by atoms with Crippen LogP contribution in [0.25, 0.3) is 0 Å². The molecule has 2 amide bonds. The van der Waals surface area contributed by atoms with Gasteiger partial charge in [-0.15, -0.1) is 11.8 Å². The van der Waals surface area contributed by atoms with Gasteiger partial charge in [-0.1, -0.05) is 13.8 Å². The van der Waals surface area contributed by atoms with Crippen molar-refractivity contribution in [2.45, 2.75) is 31.6 Å². The Bertz CT molecular complexity index is 281. The normalized spacial score (nSPS) is 12.2. The molecule has 0 radical (unpaired) electrons. The molecule has 7 heteroatoms. The van der Waals surface area contributed by atoms with Crippen LogP contribution in [0.3, 0.4) is 0 Å². The number of rotatable bonds is 7. The van der Waals surface area contributed by atoms with Gasteiger partial charge in [-0.3, -0.25) is 9.59 Å². The molecule has 4 N–H and O–H groups in total. The van der Waals surface area contributed by atoms with Crippen LogP contribution < -0.4 is 11.1 Å². The Morgan fingerprint density at radius 1 is 1.38 bits per heavy atom. The number of nitrogens with two attached hydrogens (primary N) is 1. The molecule has 0 fully saturated rings. The number of primary amides is 1. The molecular formula is C9H16N2O4S. The first-order valence-electron chi connectivity index (χ1n) is 4.75. The molecule has 0 aliphatic heterocycles. The summed E-state index contributed by atoms with van der Waals surface area (Å²) in [6, 6.07) is -1.24. The van der Waals surface area contributed by atoms with E-state index in [4.69, 9.17) is 10.8 Å². The van der Waals surface area contributed by atoms with E-state index in [1.54, 1.807) is 0 Å². The van der Waals surface area contributed by atoms with Gasteiger partial charge in [0.25, 0.3) is 0 Å². The predicted molar refractivity (Wildman–Crippen MR) is 61.0 cm³/mol. The van der Waals surface area contributed by atoms with Gasteiger partial charge in [0.15, 0.2) is 0 Å². The second-order valence-electron chi connectivity index (χ2n) is 3.49. The number of aliphatic carboxylic acids is 1. The first-order chi connectivity index (χ1) is 7.32. The van der Waals surface area contributed by atoms with E-state index in [9.17, 15) is 14.4 Å². The zero-order chi connectivity index (χ0) is 12.7. The SMILES string of the molecule is CC(C)SCC(=O)N[C@H](CC(N)=O)C(=O)O. The third-order valence-corrected chi connectivity index (χ3v) is 2.68. The Morgan fingerprint density at radius 2 is 1.94 bits per heavy atom. The lowest BCUT2D eigenvalue weighted by Gasteiger charge is -2.13. The van der Waals surface area contributed by atoms with Crippen LogP contribution in [0.1, 0.15) is 20.3 Å². The summed E-state index contributed by atoms with van der Waals surface area (Å²) in [6.45, 7) is 3.85. The Kier molecular flexibility index (Phi) is 6.55. The highest BCUT2D eigenvalue weighted by molar-refractivity contribution is 8.00. The molecule has 0 aromatic rings. The number of carbonyl (C=O) groups excluding carboxylic acids is 2. The van der Waals surface area contributed by atoms with E-state index >= 15 is 0 Å². The van der Waals surface area contributed by atoms with Crippen LogP contribution in [0.15, 0.2) is 0 Å². The number of carbonyl (C=O) groups is 3. The van der Waals surface area contributed by atoms with Crippen molar-refractivity contribution in [2.24, 2.45) is 5.73 Å². The zero-order valence-electron chi connectivity index (χ0n) is 9.23. The van der Waals surface area contributed by atoms with Gasteiger partial charge in [-0.05, 0) is 5.25 Å². The second kappa shape index (κ2) is 7.10. The zero-order valence-corrected chi connectivity index (χ0v) is 10.0. The van der Waals surface area contributed by atoms with Crippen LogP contribution in [-0.4, -0.2) is 39.9 Å². The van der Waals surface area contributed by atoms with Gasteiger partial charge < -0.3 is 16.2 Å². The monoisotopic (exact) mass is 248 g/mol. The molecule has 0 heterocycles. The van der Waals surface area contributed by atoms with Crippen molar-refractivity contribution in [1.29, 1.82) is 0 Å². The third-order valence-electron chi connectivity index (χ3n) is 1.59. The minimum atomic E-state index is -1.26. The topological polar surface area (TPSA) is 109 Å². The van der Waals surface area contributed by atoms with Crippen molar-refractivity contribution in [2.75, 3.05) is 5.75 Å². The molecule has 16 heavy (non-hydrogen) atoms. The Hall–Kier alpha value is -1.24. The minimum absolute atomic E-state index is 0.167. The fourth-order valence-electron chi connectivity index (χ4n) is 0.880. The van der Waals surface area contributed by atoms with Crippen LogP contribution in [0, 0.1) is 0 Å². The number of carboxylic acids is 1. The van der Waals surface area contributed by atoms with E-state index in [2.05, 4.69) is 5.32 Å². The molecule has 0 rings (SSSR count). The van der Waals surface area contributed by atoms with Crippen LogP contribution in [0.5, 0.6) is 0 Å². The summed E-state index contributed by atoms with van der Waals surface area (Å²) >= 11 is 1.39. The van der Waals surface area contributed by atoms with Crippen molar-refractivity contribution in [3.8, 4) is 0 Å². The molecule has 0 saturated heterocycles. The molecule has 0 aliphatic carbocycles. The van der Waals surface area contributed by atoms with Crippen molar-refractivity contribution >= 4 is 29.5 Å². The average Bonchev–Trinajstić information content (AvgIpc) is 2.12. The number of nitrogens with one attached hydrogen (secondary N) is 1. The van der Waals surface area contributed by atoms with Gasteiger partial charge in [0.05, 0.1) is 12.2 Å². The predicted octanol–water partition coefficient (Wildman–Crippen LogP) is -0.427. The lowest BCUT2D eigenvalue weighted by Crippen LogP contribution is -2.44. The molecule has 0 bridgehead atoms. The van der Waals surface area contributed by atoms with Crippen molar-refractivity contribution in [3.63, 3.8) is 0 Å². The Morgan fingerprint density at radius 3 is 2.31 bits per heavy atom. The van der Waals surface area contributed by atoms with Crippen LogP contribution >= 0.6 is 11.8 Å². The molecule has 0 saturated carbocycles. The van der Waals surface area contributed by atoms with Gasteiger partial charge in [0.2, 0.25) is 11.8 Å². The average molecular weight is 248 g/mol. The van der Waals surface area contributed by atoms with E-state index in [1.807, 2.05) is 13.8 Å². The highest BCUT2D eigenvalue weighted by atomic mass is 32.2. The van der Waals surface area contributed by atoms with Gasteiger partial charge in [0.1, 0.15) is 6.04 Å². The van der Waals surface area contributed by atoms with Crippen LogP contribution in [0.4, 0.5) is 0 Å². The largest absolute Gasteiger partial charge is 0.480 e. The molecular weight excluding hydrogens is 232 g/mol. The second-order valence-corrected chi connectivity index (χ2v) is 5.05. The van der Waals surface area contributed by atoms with Gasteiger partial charge in [-0.2, -0.15) is 0 Å². The van der Waals surface area contributed by atoms with E-state index < -0.39 is 30.2 Å². The van der Waals surface area contributed by atoms with Crippen LogP contribution in [-0.2, 0) is 14.4 Å². The molecule has 0 spiro atoms. The maximum absolute atomic E-state index is 11.3. The molecule has 0 unspecified atom stereocenters. The minimum Gasteiger partial charge on any atom is -0.480 e. The quantitative estimate of drug-likeness (QED) is 0.566. The lowest BCUT2D eigenvalue weighted by atomic mass is 10.2. The number of thioether (sulfide) groups is 1. The number of hydrogen-bond acceptors (Lipinski definition) is 4. The molecule has 0 aliphatic rings. The fourth-order valence-corrected chi connectivity index (χ4v) is 1.45. The summed E-state index contributed by atoms with van der Waals surface area (Å²) in [7, 11) is 0. The van der Waals surface area contributed by atoms with Crippen LogP contribution in [0.2, 0.25) is 0 Å². The smallest absolute Gasteiger partial charge is 0.326 e. The number of carboxylic acid groups (broad SMARTS) is 1. The Labute approximate surface area is 98.0 Å². The molecule has 0 aromatic heterocycles. The van der Waals surface area contributed by atoms with E-state index in [1.165, 1.54) is 11.8 Å². The first-order valence-corrected chi connectivity index (χ1v) is 5.80. The van der Waals surface area contributed by atoms with Crippen molar-refractivity contribution in [1.82, 2.24) is 5.32 Å². The fraction of sp³-hybridized carbons (Fsp3) is 0.667. The summed E-state index contributed by atoms with van der Waals surface area (Å²) in [4.78, 5) is 32.5. The highest BCUT2D eigenvalue weighted by Gasteiger charge is 2.21. The van der Waals surface area contributed by atoms with E-state index in [0.29, 0.717) is 0 Å². The summed E-state index contributed by atoms with van der Waals surface area (Å²) in [5.74, 6) is -2.27. The van der Waals surface area contributed by atoms with Crippen molar-refractivity contribution in [3.05, 3.63) is 0 Å². The molecule has 92 valence electrons. The van der Waals surface area contributed by atoms with Crippen molar-refractivity contribution < 1.29 is 19.5 Å². The number of hydrogen-bond donors (Lipinski definition) is 3. The van der Waals surface area contributed by atoms with Gasteiger partial charge in [-0.25, -0.2) is 4.79 Å². The van der Waals surface area contributed by atoms with E-state index in [0.717, 1.165) is 0 Å². The molecule has 1 atom stereocenters. The highest BCUT2D eigenvalue weighted by Crippen LogP contribution is 2.08. The number of amides is 2. The maximum atomic E-state index is 11.3. The molecule has 0 aromatic carbocycles. The summed E-state index contributed by atoms with van der Waals surface area (Å²) in [5, 5.41) is 11.2. The maximum Gasteiger partial charge on any atom is 0.326 e.